The molecule has 3 amide bonds. The van der Waals surface area contributed by atoms with E-state index < -0.39 is 28.7 Å². The minimum Gasteiger partial charge on any atom is -0.349 e. The van der Waals surface area contributed by atoms with Crippen LogP contribution in [0.1, 0.15) is 35.1 Å². The fourth-order valence-corrected chi connectivity index (χ4v) is 3.33. The Morgan fingerprint density at radius 2 is 2.07 bits per heavy atom. The van der Waals surface area contributed by atoms with Crippen molar-refractivity contribution in [2.75, 3.05) is 11.9 Å². The third kappa shape index (κ3) is 4.61. The molecular formula is C16H15BF3N5O2S. The van der Waals surface area contributed by atoms with Gasteiger partial charge < -0.3 is 10.6 Å². The molecule has 28 heavy (non-hydrogen) atoms. The van der Waals surface area contributed by atoms with Gasteiger partial charge in [-0.3, -0.25) is 10.1 Å². The molecule has 0 bridgehead atoms. The Labute approximate surface area is 163 Å². The quantitative estimate of drug-likeness (QED) is 0.659. The number of nitrogens with zero attached hydrogens (tertiary/aromatic N) is 2. The number of anilines is 1. The van der Waals surface area contributed by atoms with Crippen LogP contribution in [0.2, 0.25) is 0 Å². The first-order chi connectivity index (χ1) is 13.2. The standard InChI is InChI=1S/C16H15BF3N5O2S/c1-2-21-15(27)24-10-5-8(9(17)6-22-10)14-25-12(16(18,19)20)11(28-14)13(26)23-7-3-4-7/h5-7H,2-4H2,1H3,(H,23,26)(H2,21,22,24,27). The van der Waals surface area contributed by atoms with E-state index in [4.69, 9.17) is 7.85 Å². The van der Waals surface area contributed by atoms with E-state index >= 15 is 0 Å². The number of aromatic nitrogens is 2. The van der Waals surface area contributed by atoms with E-state index in [0.717, 1.165) is 12.8 Å². The highest BCUT2D eigenvalue weighted by Gasteiger charge is 2.40. The van der Waals surface area contributed by atoms with Gasteiger partial charge in [-0.2, -0.15) is 13.2 Å². The van der Waals surface area contributed by atoms with Crippen molar-refractivity contribution in [3.05, 3.63) is 22.8 Å². The van der Waals surface area contributed by atoms with Crippen molar-refractivity contribution in [2.45, 2.75) is 32.0 Å². The van der Waals surface area contributed by atoms with Gasteiger partial charge in [0.25, 0.3) is 5.91 Å². The molecule has 1 fully saturated rings. The number of hydrogen-bond donors (Lipinski definition) is 3. The van der Waals surface area contributed by atoms with Crippen LogP contribution in [0.5, 0.6) is 0 Å². The average Bonchev–Trinajstić information content (AvgIpc) is 3.29. The lowest BCUT2D eigenvalue weighted by molar-refractivity contribution is -0.141. The van der Waals surface area contributed by atoms with Crippen molar-refractivity contribution in [3.8, 4) is 10.6 Å². The maximum atomic E-state index is 13.4. The lowest BCUT2D eigenvalue weighted by Gasteiger charge is -2.08. The maximum absolute atomic E-state index is 13.4. The van der Waals surface area contributed by atoms with Crippen molar-refractivity contribution >= 4 is 42.4 Å². The van der Waals surface area contributed by atoms with E-state index in [9.17, 15) is 22.8 Å². The molecule has 0 aliphatic heterocycles. The van der Waals surface area contributed by atoms with Crippen LogP contribution < -0.4 is 21.4 Å². The van der Waals surface area contributed by atoms with Gasteiger partial charge in [0.05, 0.1) is 0 Å². The van der Waals surface area contributed by atoms with Gasteiger partial charge in [-0.25, -0.2) is 14.8 Å². The molecule has 1 saturated carbocycles. The van der Waals surface area contributed by atoms with Crippen LogP contribution in [0.4, 0.5) is 23.8 Å². The van der Waals surface area contributed by atoms with E-state index in [0.29, 0.717) is 17.9 Å². The number of carbonyl (C=O) groups excluding carboxylic acids is 2. The zero-order valence-corrected chi connectivity index (χ0v) is 15.5. The molecule has 0 unspecified atom stereocenters. The summed E-state index contributed by atoms with van der Waals surface area (Å²) in [6, 6.07) is 0.690. The molecule has 146 valence electrons. The number of nitrogens with one attached hydrogen (secondary N) is 3. The van der Waals surface area contributed by atoms with Crippen molar-refractivity contribution in [1.82, 2.24) is 20.6 Å². The van der Waals surface area contributed by atoms with E-state index in [2.05, 4.69) is 25.9 Å². The summed E-state index contributed by atoms with van der Waals surface area (Å²) in [5.74, 6) is -0.727. The Morgan fingerprint density at radius 3 is 2.68 bits per heavy atom. The second-order valence-electron chi connectivity index (χ2n) is 6.08. The van der Waals surface area contributed by atoms with Gasteiger partial charge in [0.2, 0.25) is 0 Å². The first kappa shape index (κ1) is 20.1. The van der Waals surface area contributed by atoms with Crippen LogP contribution in [0.25, 0.3) is 10.6 Å². The van der Waals surface area contributed by atoms with Gasteiger partial charge >= 0.3 is 12.2 Å². The Morgan fingerprint density at radius 1 is 1.36 bits per heavy atom. The zero-order chi connectivity index (χ0) is 20.5. The topological polar surface area (TPSA) is 96.0 Å². The normalized spacial score (nSPS) is 13.9. The lowest BCUT2D eigenvalue weighted by Crippen LogP contribution is -2.28. The van der Waals surface area contributed by atoms with Crippen molar-refractivity contribution in [2.24, 2.45) is 0 Å². The minimum absolute atomic E-state index is 0.0677. The summed E-state index contributed by atoms with van der Waals surface area (Å²) in [7, 11) is 5.84. The summed E-state index contributed by atoms with van der Waals surface area (Å²) in [5, 5.41) is 7.40. The largest absolute Gasteiger partial charge is 0.435 e. The number of urea groups is 1. The van der Waals surface area contributed by atoms with Gasteiger partial charge in [0.15, 0.2) is 5.69 Å². The van der Waals surface area contributed by atoms with Crippen LogP contribution in [-0.4, -0.2) is 42.3 Å². The molecule has 2 radical (unpaired) electrons. The van der Waals surface area contributed by atoms with Crippen molar-refractivity contribution in [3.63, 3.8) is 0 Å². The molecule has 7 nitrogen and oxygen atoms in total. The Balaban J connectivity index is 1.97. The number of alkyl halides is 3. The maximum Gasteiger partial charge on any atom is 0.435 e. The molecule has 2 heterocycles. The van der Waals surface area contributed by atoms with Gasteiger partial charge in [-0.15, -0.1) is 11.3 Å². The molecule has 0 aromatic carbocycles. The fraction of sp³-hybridized carbons (Fsp3) is 0.375. The van der Waals surface area contributed by atoms with E-state index in [1.54, 1.807) is 6.92 Å². The number of amides is 3. The van der Waals surface area contributed by atoms with Gasteiger partial charge in [-0.05, 0) is 25.8 Å². The first-order valence-electron chi connectivity index (χ1n) is 8.38. The van der Waals surface area contributed by atoms with E-state index in [1.165, 1.54) is 12.3 Å². The second kappa shape index (κ2) is 7.78. The van der Waals surface area contributed by atoms with Gasteiger partial charge in [0.1, 0.15) is 23.5 Å². The second-order valence-corrected chi connectivity index (χ2v) is 7.08. The zero-order valence-electron chi connectivity index (χ0n) is 14.7. The summed E-state index contributed by atoms with van der Waals surface area (Å²) in [6.45, 7) is 2.11. The Kier molecular flexibility index (Phi) is 5.59. The van der Waals surface area contributed by atoms with Crippen LogP contribution in [0.3, 0.4) is 0 Å². The number of halogens is 3. The monoisotopic (exact) mass is 409 g/mol. The van der Waals surface area contributed by atoms with Gasteiger partial charge in [-0.1, -0.05) is 5.46 Å². The summed E-state index contributed by atoms with van der Waals surface area (Å²) >= 11 is 0.590. The van der Waals surface area contributed by atoms with Crippen LogP contribution >= 0.6 is 11.3 Å². The molecule has 3 N–H and O–H groups in total. The summed E-state index contributed by atoms with van der Waals surface area (Å²) in [4.78, 5) is 30.9. The lowest BCUT2D eigenvalue weighted by atomic mass is 9.93. The third-order valence-corrected chi connectivity index (χ3v) is 4.85. The van der Waals surface area contributed by atoms with Crippen LogP contribution in [0.15, 0.2) is 12.3 Å². The summed E-state index contributed by atoms with van der Waals surface area (Å²) < 4.78 is 40.1. The van der Waals surface area contributed by atoms with E-state index in [-0.39, 0.29) is 27.9 Å². The predicted octanol–water partition coefficient (Wildman–Crippen LogP) is 2.05. The fourth-order valence-electron chi connectivity index (χ4n) is 2.30. The summed E-state index contributed by atoms with van der Waals surface area (Å²) in [6.07, 6.45) is -2.11. The number of rotatable bonds is 5. The first-order valence-corrected chi connectivity index (χ1v) is 9.20. The van der Waals surface area contributed by atoms with Crippen molar-refractivity contribution in [1.29, 1.82) is 0 Å². The molecular weight excluding hydrogens is 394 g/mol. The number of carbonyl (C=O) groups is 2. The van der Waals surface area contributed by atoms with Gasteiger partial charge in [0, 0.05) is 24.3 Å². The number of thiazole rings is 1. The highest BCUT2D eigenvalue weighted by atomic mass is 32.1. The molecule has 1 aliphatic rings. The number of hydrogen-bond acceptors (Lipinski definition) is 5. The molecule has 0 spiro atoms. The third-order valence-electron chi connectivity index (χ3n) is 3.76. The number of pyridine rings is 1. The average molecular weight is 409 g/mol. The Hall–Kier alpha value is -2.63. The predicted molar refractivity (Wildman–Crippen MR) is 98.9 cm³/mol. The minimum atomic E-state index is -4.80. The molecule has 2 aromatic heterocycles. The SMILES string of the molecule is [B]c1cnc(NC(=O)NCC)cc1-c1nc(C(F)(F)F)c(C(=O)NC2CC2)s1. The highest BCUT2D eigenvalue weighted by molar-refractivity contribution is 7.17. The molecule has 0 atom stereocenters. The molecule has 1 aliphatic carbocycles. The molecule has 2 aromatic rings. The van der Waals surface area contributed by atoms with Crippen molar-refractivity contribution < 1.29 is 22.8 Å². The smallest absolute Gasteiger partial charge is 0.349 e. The molecule has 3 rings (SSSR count). The molecule has 0 saturated heterocycles. The summed E-state index contributed by atoms with van der Waals surface area (Å²) in [5.41, 5.74) is -1.05. The van der Waals surface area contributed by atoms with Crippen LogP contribution in [0, 0.1) is 0 Å². The highest BCUT2D eigenvalue weighted by Crippen LogP contribution is 2.38. The van der Waals surface area contributed by atoms with E-state index in [1.807, 2.05) is 0 Å². The Bertz CT molecular complexity index is 914. The van der Waals surface area contributed by atoms with Crippen LogP contribution in [-0.2, 0) is 6.18 Å². The molecule has 12 heteroatoms.